The standard InChI is InChI=1S/C15H20O6S/c1-9-12-13(21-15(2,3)20-12)11(16)14(19-9)22(17,18)10-7-5-4-6-8-10/h4-9,11-14,16H,1-3H3/t9-,11-,12+,13-,14+/m0/s1. The lowest BCUT2D eigenvalue weighted by Crippen LogP contribution is -2.57. The monoisotopic (exact) mass is 328 g/mol. The molecule has 0 aromatic heterocycles. The topological polar surface area (TPSA) is 82.1 Å². The van der Waals surface area contributed by atoms with Crippen molar-refractivity contribution in [2.75, 3.05) is 0 Å². The summed E-state index contributed by atoms with van der Waals surface area (Å²) in [5.41, 5.74) is -1.37. The molecule has 6 nitrogen and oxygen atoms in total. The van der Waals surface area contributed by atoms with E-state index >= 15 is 0 Å². The lowest BCUT2D eigenvalue weighted by Gasteiger charge is -2.38. The Kier molecular flexibility index (Phi) is 3.81. The first kappa shape index (κ1) is 15.9. The molecule has 5 atom stereocenters. The summed E-state index contributed by atoms with van der Waals surface area (Å²) in [6, 6.07) is 7.96. The van der Waals surface area contributed by atoms with Crippen LogP contribution in [0.15, 0.2) is 35.2 Å². The van der Waals surface area contributed by atoms with Crippen LogP contribution in [0.1, 0.15) is 20.8 Å². The van der Waals surface area contributed by atoms with Gasteiger partial charge in [-0.2, -0.15) is 0 Å². The van der Waals surface area contributed by atoms with Gasteiger partial charge in [0, 0.05) is 0 Å². The van der Waals surface area contributed by atoms with Crippen LogP contribution >= 0.6 is 0 Å². The fraction of sp³-hybridized carbons (Fsp3) is 0.600. The second kappa shape index (κ2) is 5.28. The molecule has 0 amide bonds. The van der Waals surface area contributed by atoms with Gasteiger partial charge < -0.3 is 19.3 Å². The minimum atomic E-state index is -3.83. The molecule has 0 radical (unpaired) electrons. The largest absolute Gasteiger partial charge is 0.386 e. The maximum absolute atomic E-state index is 12.7. The summed E-state index contributed by atoms with van der Waals surface area (Å²) >= 11 is 0. The zero-order chi connectivity index (χ0) is 16.1. The predicted octanol–water partition coefficient (Wildman–Crippen LogP) is 1.09. The number of aliphatic hydroxyl groups excluding tert-OH is 1. The van der Waals surface area contributed by atoms with E-state index in [2.05, 4.69) is 0 Å². The molecule has 2 fully saturated rings. The normalized spacial score (nSPS) is 37.7. The van der Waals surface area contributed by atoms with Crippen molar-refractivity contribution in [2.24, 2.45) is 0 Å². The first-order chi connectivity index (χ1) is 10.2. The fourth-order valence-electron chi connectivity index (χ4n) is 2.97. The Labute approximate surface area is 129 Å². The maximum Gasteiger partial charge on any atom is 0.207 e. The number of rotatable bonds is 2. The molecular weight excluding hydrogens is 308 g/mol. The Morgan fingerprint density at radius 2 is 1.68 bits per heavy atom. The van der Waals surface area contributed by atoms with Gasteiger partial charge in [-0.3, -0.25) is 0 Å². The van der Waals surface area contributed by atoms with Gasteiger partial charge in [-0.25, -0.2) is 8.42 Å². The molecule has 0 bridgehead atoms. The number of ether oxygens (including phenoxy) is 3. The number of hydrogen-bond donors (Lipinski definition) is 1. The fourth-order valence-corrected chi connectivity index (χ4v) is 4.62. The third-order valence-corrected chi connectivity index (χ3v) is 5.90. The van der Waals surface area contributed by atoms with Gasteiger partial charge >= 0.3 is 0 Å². The number of fused-ring (bicyclic) bond motifs is 1. The van der Waals surface area contributed by atoms with E-state index in [9.17, 15) is 13.5 Å². The van der Waals surface area contributed by atoms with Gasteiger partial charge in [0.05, 0.1) is 11.0 Å². The number of benzene rings is 1. The van der Waals surface area contributed by atoms with Crippen molar-refractivity contribution in [3.05, 3.63) is 30.3 Å². The summed E-state index contributed by atoms with van der Waals surface area (Å²) in [6.07, 6.45) is -3.04. The SMILES string of the molecule is C[C@@H]1O[C@H](S(=O)(=O)c2ccccc2)[C@@H](O)[C@@H]2OC(C)(C)O[C@@H]21. The Morgan fingerprint density at radius 1 is 1.09 bits per heavy atom. The highest BCUT2D eigenvalue weighted by Gasteiger charge is 2.56. The number of sulfone groups is 1. The lowest BCUT2D eigenvalue weighted by molar-refractivity contribution is -0.154. The van der Waals surface area contributed by atoms with Crippen molar-refractivity contribution in [1.29, 1.82) is 0 Å². The maximum atomic E-state index is 12.7. The summed E-state index contributed by atoms with van der Waals surface area (Å²) in [4.78, 5) is 0.114. The van der Waals surface area contributed by atoms with E-state index in [0.717, 1.165) is 0 Å². The van der Waals surface area contributed by atoms with Crippen LogP contribution in [0.3, 0.4) is 0 Å². The van der Waals surface area contributed by atoms with Crippen LogP contribution < -0.4 is 0 Å². The molecule has 0 spiro atoms. The Bertz CT molecular complexity index is 641. The van der Waals surface area contributed by atoms with E-state index in [1.165, 1.54) is 12.1 Å². The minimum absolute atomic E-state index is 0.114. The molecule has 0 unspecified atom stereocenters. The van der Waals surface area contributed by atoms with Gasteiger partial charge in [-0.1, -0.05) is 18.2 Å². The van der Waals surface area contributed by atoms with Crippen LogP contribution in [0.5, 0.6) is 0 Å². The summed E-state index contributed by atoms with van der Waals surface area (Å²) in [7, 11) is -3.83. The smallest absolute Gasteiger partial charge is 0.207 e. The van der Waals surface area contributed by atoms with Gasteiger partial charge in [0.25, 0.3) is 0 Å². The summed E-state index contributed by atoms with van der Waals surface area (Å²) in [5.74, 6) is -0.876. The highest BCUT2D eigenvalue weighted by molar-refractivity contribution is 7.92. The molecule has 0 saturated carbocycles. The predicted molar refractivity (Wildman–Crippen MR) is 77.8 cm³/mol. The molecule has 1 N–H and O–H groups in total. The summed E-state index contributed by atoms with van der Waals surface area (Å²) in [6.45, 7) is 5.18. The van der Waals surface area contributed by atoms with Crippen LogP contribution in [0.2, 0.25) is 0 Å². The van der Waals surface area contributed by atoms with E-state index in [4.69, 9.17) is 14.2 Å². The van der Waals surface area contributed by atoms with Crippen molar-refractivity contribution in [3.8, 4) is 0 Å². The zero-order valence-corrected chi connectivity index (χ0v) is 13.5. The molecule has 22 heavy (non-hydrogen) atoms. The first-order valence-corrected chi connectivity index (χ1v) is 8.75. The zero-order valence-electron chi connectivity index (χ0n) is 12.7. The lowest BCUT2D eigenvalue weighted by atomic mass is 10.0. The molecule has 2 aliphatic heterocycles. The van der Waals surface area contributed by atoms with Crippen LogP contribution in [0.4, 0.5) is 0 Å². The summed E-state index contributed by atoms with van der Waals surface area (Å²) < 4.78 is 42.4. The van der Waals surface area contributed by atoms with Gasteiger partial charge in [0.1, 0.15) is 18.3 Å². The number of hydrogen-bond acceptors (Lipinski definition) is 6. The van der Waals surface area contributed by atoms with Crippen molar-refractivity contribution >= 4 is 9.84 Å². The van der Waals surface area contributed by atoms with E-state index in [-0.39, 0.29) is 4.90 Å². The van der Waals surface area contributed by atoms with Crippen LogP contribution in [0.25, 0.3) is 0 Å². The molecular formula is C15H20O6S. The molecule has 2 aliphatic rings. The molecule has 1 aromatic carbocycles. The van der Waals surface area contributed by atoms with Crippen molar-refractivity contribution in [3.63, 3.8) is 0 Å². The molecule has 2 saturated heterocycles. The van der Waals surface area contributed by atoms with Crippen LogP contribution in [0, 0.1) is 0 Å². The van der Waals surface area contributed by atoms with Crippen molar-refractivity contribution < 1.29 is 27.7 Å². The van der Waals surface area contributed by atoms with Gasteiger partial charge in [0.15, 0.2) is 11.2 Å². The molecule has 3 rings (SSSR count). The highest BCUT2D eigenvalue weighted by atomic mass is 32.2. The third-order valence-electron chi connectivity index (χ3n) is 3.97. The average molecular weight is 328 g/mol. The Hall–Kier alpha value is -0.990. The average Bonchev–Trinajstić information content (AvgIpc) is 2.80. The van der Waals surface area contributed by atoms with Crippen molar-refractivity contribution in [2.45, 2.75) is 61.3 Å². The highest BCUT2D eigenvalue weighted by Crippen LogP contribution is 2.39. The third kappa shape index (κ3) is 2.57. The van der Waals surface area contributed by atoms with Crippen molar-refractivity contribution in [1.82, 2.24) is 0 Å². The molecule has 2 heterocycles. The quantitative estimate of drug-likeness (QED) is 0.875. The molecule has 0 aliphatic carbocycles. The van der Waals surface area contributed by atoms with E-state index in [1.807, 2.05) is 0 Å². The second-order valence-corrected chi connectivity index (χ2v) is 8.15. The van der Waals surface area contributed by atoms with Gasteiger partial charge in [-0.15, -0.1) is 0 Å². The van der Waals surface area contributed by atoms with Gasteiger partial charge in [-0.05, 0) is 32.9 Å². The van der Waals surface area contributed by atoms with Crippen LogP contribution in [-0.4, -0.2) is 49.2 Å². The first-order valence-electron chi connectivity index (χ1n) is 7.20. The van der Waals surface area contributed by atoms with Crippen LogP contribution in [-0.2, 0) is 24.0 Å². The second-order valence-electron chi connectivity index (χ2n) is 6.12. The Balaban J connectivity index is 1.93. The minimum Gasteiger partial charge on any atom is -0.386 e. The summed E-state index contributed by atoms with van der Waals surface area (Å²) in [5, 5.41) is 10.5. The number of aliphatic hydroxyl groups is 1. The van der Waals surface area contributed by atoms with E-state index in [1.54, 1.807) is 39.0 Å². The van der Waals surface area contributed by atoms with Gasteiger partial charge in [0.2, 0.25) is 9.84 Å². The molecule has 122 valence electrons. The Morgan fingerprint density at radius 3 is 2.32 bits per heavy atom. The molecule has 1 aromatic rings. The van der Waals surface area contributed by atoms with E-state index in [0.29, 0.717) is 0 Å². The van der Waals surface area contributed by atoms with E-state index < -0.39 is 45.5 Å². The molecule has 7 heteroatoms.